The molecule has 0 aromatic heterocycles. The van der Waals surface area contributed by atoms with Crippen molar-refractivity contribution in [1.29, 1.82) is 5.41 Å². The van der Waals surface area contributed by atoms with Gasteiger partial charge < -0.3 is 10.1 Å². The minimum absolute atomic E-state index is 0.0502. The highest BCUT2D eigenvalue weighted by atomic mass is 32.2. The van der Waals surface area contributed by atoms with Crippen molar-refractivity contribution in [3.63, 3.8) is 0 Å². The first-order chi connectivity index (χ1) is 14.1. The maximum atomic E-state index is 12.5. The molecular weight excluding hydrogens is 384 g/mol. The number of nitrogens with zero attached hydrogens (tertiary/aromatic N) is 2. The summed E-state index contributed by atoms with van der Waals surface area (Å²) in [5.74, 6) is 1.91. The molecular formula is C22H22N4O2S. The van der Waals surface area contributed by atoms with Crippen LogP contribution in [-0.4, -0.2) is 24.5 Å². The van der Waals surface area contributed by atoms with E-state index < -0.39 is 0 Å². The largest absolute Gasteiger partial charge is 0.457 e. The third-order valence-electron chi connectivity index (χ3n) is 4.10. The summed E-state index contributed by atoms with van der Waals surface area (Å²) in [7, 11) is 1.55. The zero-order chi connectivity index (χ0) is 20.5. The van der Waals surface area contributed by atoms with E-state index in [0.717, 1.165) is 16.3 Å². The van der Waals surface area contributed by atoms with Crippen LogP contribution in [0.2, 0.25) is 0 Å². The minimum atomic E-state index is -0.214. The molecule has 2 N–H and O–H groups in total. The van der Waals surface area contributed by atoms with Crippen molar-refractivity contribution in [1.82, 2.24) is 0 Å². The van der Waals surface area contributed by atoms with Gasteiger partial charge in [-0.05, 0) is 42.8 Å². The van der Waals surface area contributed by atoms with Crippen LogP contribution in [0, 0.1) is 11.3 Å². The predicted molar refractivity (Wildman–Crippen MR) is 118 cm³/mol. The summed E-state index contributed by atoms with van der Waals surface area (Å²) in [6.07, 6.45) is 6.46. The average molecular weight is 407 g/mol. The first kappa shape index (κ1) is 20.5. The van der Waals surface area contributed by atoms with E-state index in [0.29, 0.717) is 17.9 Å². The zero-order valence-corrected chi connectivity index (χ0v) is 16.9. The van der Waals surface area contributed by atoms with Crippen molar-refractivity contribution in [2.75, 3.05) is 18.1 Å². The number of hydrogen-bond acceptors (Lipinski definition) is 5. The van der Waals surface area contributed by atoms with Gasteiger partial charge in [-0.25, -0.2) is 0 Å². The number of ether oxygens (including phenoxy) is 1. The van der Waals surface area contributed by atoms with Crippen LogP contribution in [0.1, 0.15) is 6.42 Å². The van der Waals surface area contributed by atoms with Crippen molar-refractivity contribution in [2.45, 2.75) is 6.42 Å². The number of azo groups is 1. The van der Waals surface area contributed by atoms with Gasteiger partial charge >= 0.3 is 0 Å². The Morgan fingerprint density at radius 3 is 2.55 bits per heavy atom. The van der Waals surface area contributed by atoms with Gasteiger partial charge in [0.2, 0.25) is 5.91 Å². The normalized spacial score (nSPS) is 15.8. The Bertz CT molecular complexity index is 937. The molecule has 1 aliphatic carbocycles. The van der Waals surface area contributed by atoms with Crippen LogP contribution in [0.4, 0.5) is 5.69 Å². The van der Waals surface area contributed by atoms with E-state index in [1.165, 1.54) is 11.8 Å². The van der Waals surface area contributed by atoms with Crippen molar-refractivity contribution in [3.8, 4) is 11.5 Å². The first-order valence-corrected chi connectivity index (χ1v) is 10.1. The molecule has 0 bridgehead atoms. The average Bonchev–Trinajstić information content (AvgIpc) is 2.75. The zero-order valence-electron chi connectivity index (χ0n) is 16.0. The molecule has 2 aromatic carbocycles. The summed E-state index contributed by atoms with van der Waals surface area (Å²) >= 11 is 1.52. The molecule has 1 unspecified atom stereocenters. The van der Waals surface area contributed by atoms with Gasteiger partial charge in [0.05, 0.1) is 11.7 Å². The van der Waals surface area contributed by atoms with Gasteiger partial charge in [0.1, 0.15) is 11.5 Å². The number of carbonyl (C=O) groups is 1. The van der Waals surface area contributed by atoms with Crippen LogP contribution in [0.3, 0.4) is 0 Å². The van der Waals surface area contributed by atoms with Crippen LogP contribution >= 0.6 is 11.8 Å². The highest BCUT2D eigenvalue weighted by Gasteiger charge is 2.17. The highest BCUT2D eigenvalue weighted by molar-refractivity contribution is 8.03. The quantitative estimate of drug-likeness (QED) is 0.353. The molecule has 1 atom stereocenters. The molecule has 3 rings (SSSR count). The van der Waals surface area contributed by atoms with Gasteiger partial charge in [0, 0.05) is 17.6 Å². The first-order valence-electron chi connectivity index (χ1n) is 9.16. The molecule has 6 nitrogen and oxygen atoms in total. The molecule has 29 heavy (non-hydrogen) atoms. The van der Waals surface area contributed by atoms with Gasteiger partial charge in [0.25, 0.3) is 0 Å². The maximum absolute atomic E-state index is 12.5. The van der Waals surface area contributed by atoms with Gasteiger partial charge in [-0.15, -0.1) is 16.9 Å². The van der Waals surface area contributed by atoms with E-state index in [9.17, 15) is 4.79 Å². The number of anilines is 1. The van der Waals surface area contributed by atoms with E-state index in [4.69, 9.17) is 10.1 Å². The number of amides is 1. The summed E-state index contributed by atoms with van der Waals surface area (Å²) in [6.45, 7) is 0. The van der Waals surface area contributed by atoms with Crippen LogP contribution in [0.15, 0.2) is 88.0 Å². The lowest BCUT2D eigenvalue weighted by Crippen LogP contribution is -2.21. The van der Waals surface area contributed by atoms with Gasteiger partial charge in [-0.1, -0.05) is 36.4 Å². The Kier molecular flexibility index (Phi) is 7.35. The number of rotatable bonds is 7. The second-order valence-electron chi connectivity index (χ2n) is 6.27. The molecule has 0 spiro atoms. The molecule has 0 heterocycles. The van der Waals surface area contributed by atoms with Crippen molar-refractivity contribution in [3.05, 3.63) is 77.7 Å². The molecule has 148 valence electrons. The minimum Gasteiger partial charge on any atom is -0.457 e. The van der Waals surface area contributed by atoms with Crippen LogP contribution < -0.4 is 10.1 Å². The number of amidine groups is 1. The number of hydrogen-bond donors (Lipinski definition) is 2. The summed E-state index contributed by atoms with van der Waals surface area (Å²) in [5, 5.41) is 17.8. The Morgan fingerprint density at radius 2 is 1.90 bits per heavy atom. The number of thioether (sulfide) groups is 1. The summed E-state index contributed by atoms with van der Waals surface area (Å²) in [5.41, 5.74) is 0.728. The summed E-state index contributed by atoms with van der Waals surface area (Å²) in [6, 6.07) is 16.9. The highest BCUT2D eigenvalue weighted by Crippen LogP contribution is 2.27. The molecule has 0 fully saturated rings. The molecule has 1 aliphatic rings. The van der Waals surface area contributed by atoms with Gasteiger partial charge in [0.15, 0.2) is 5.84 Å². The fourth-order valence-corrected chi connectivity index (χ4v) is 3.42. The van der Waals surface area contributed by atoms with Crippen molar-refractivity contribution < 1.29 is 9.53 Å². The fourth-order valence-electron chi connectivity index (χ4n) is 2.67. The smallest absolute Gasteiger partial charge is 0.231 e. The third kappa shape index (κ3) is 6.43. The molecule has 0 saturated heterocycles. The van der Waals surface area contributed by atoms with E-state index in [1.807, 2.05) is 72.8 Å². The number of benzene rings is 2. The number of para-hydroxylation sites is 1. The van der Waals surface area contributed by atoms with E-state index in [2.05, 4.69) is 15.5 Å². The number of allylic oxidation sites excluding steroid dienone is 2. The Hall–Kier alpha value is -3.19. The Balaban J connectivity index is 1.48. The summed E-state index contributed by atoms with van der Waals surface area (Å²) in [4.78, 5) is 13.5. The van der Waals surface area contributed by atoms with Crippen LogP contribution in [0.25, 0.3) is 0 Å². The maximum Gasteiger partial charge on any atom is 0.231 e. The predicted octanol–water partition coefficient (Wildman–Crippen LogP) is 5.67. The topological polar surface area (TPSA) is 86.9 Å². The monoisotopic (exact) mass is 406 g/mol. The lowest BCUT2D eigenvalue weighted by Gasteiger charge is -2.16. The number of carbonyl (C=O) groups excluding carboxylic acids is 1. The molecule has 0 saturated carbocycles. The second-order valence-corrected chi connectivity index (χ2v) is 7.32. The fraction of sp³-hybridized carbons (Fsp3) is 0.182. The van der Waals surface area contributed by atoms with Gasteiger partial charge in [-0.2, -0.15) is 5.11 Å². The molecule has 7 heteroatoms. The third-order valence-corrected chi connectivity index (χ3v) is 5.15. The van der Waals surface area contributed by atoms with E-state index in [1.54, 1.807) is 7.05 Å². The van der Waals surface area contributed by atoms with E-state index in [-0.39, 0.29) is 17.7 Å². The van der Waals surface area contributed by atoms with Crippen LogP contribution in [-0.2, 0) is 4.79 Å². The molecule has 0 aliphatic heterocycles. The lowest BCUT2D eigenvalue weighted by atomic mass is 10.00. The lowest BCUT2D eigenvalue weighted by molar-refractivity contribution is -0.118. The number of nitrogens with one attached hydrogen (secondary N) is 2. The van der Waals surface area contributed by atoms with Crippen LogP contribution in [0.5, 0.6) is 11.5 Å². The molecule has 1 amide bonds. The van der Waals surface area contributed by atoms with Crippen molar-refractivity contribution >= 4 is 29.2 Å². The second kappa shape index (κ2) is 10.4. The van der Waals surface area contributed by atoms with E-state index >= 15 is 0 Å². The molecule has 2 aromatic rings. The Morgan fingerprint density at radius 1 is 1.17 bits per heavy atom. The Labute approximate surface area is 174 Å². The summed E-state index contributed by atoms with van der Waals surface area (Å²) < 4.78 is 5.76. The standard InChI is InChI=1S/C22H22N4O2S/c1-24-26-21(23)15-29-20-13-7-16(8-14-20)22(27)25-17-9-11-19(12-10-17)28-18-5-3-2-4-6-18/h2-7,9-14,16,23H,8,15H2,1H3,(H,25,27). The van der Waals surface area contributed by atoms with Gasteiger partial charge in [-0.3, -0.25) is 10.2 Å². The van der Waals surface area contributed by atoms with Crippen molar-refractivity contribution in [2.24, 2.45) is 16.1 Å². The SMILES string of the molecule is CN=NC(=N)CSC1=CCC(C(=O)Nc2ccc(Oc3ccccc3)cc2)C=C1. The molecule has 0 radical (unpaired) electrons.